The van der Waals surface area contributed by atoms with E-state index >= 15 is 0 Å². The summed E-state index contributed by atoms with van der Waals surface area (Å²) >= 11 is 0. The van der Waals surface area contributed by atoms with Crippen LogP contribution in [0.4, 0.5) is 4.39 Å². The van der Waals surface area contributed by atoms with Crippen LogP contribution in [0, 0.1) is 5.82 Å². The number of fused-ring (bicyclic) bond motifs is 1. The van der Waals surface area contributed by atoms with Crippen molar-refractivity contribution in [2.24, 2.45) is 0 Å². The summed E-state index contributed by atoms with van der Waals surface area (Å²) < 4.78 is 19.3. The molecule has 2 aliphatic rings. The highest BCUT2D eigenvalue weighted by molar-refractivity contribution is 5.88. The zero-order valence-electron chi connectivity index (χ0n) is 14.2. The molecule has 130 valence electrons. The fourth-order valence-corrected chi connectivity index (χ4v) is 4.10. The first-order valence-electron chi connectivity index (χ1n) is 8.89. The van der Waals surface area contributed by atoms with E-state index in [9.17, 15) is 9.18 Å². The van der Waals surface area contributed by atoms with Crippen molar-refractivity contribution in [1.29, 1.82) is 0 Å². The maximum absolute atomic E-state index is 13.8. The van der Waals surface area contributed by atoms with E-state index in [0.717, 1.165) is 12.0 Å². The summed E-state index contributed by atoms with van der Waals surface area (Å²) in [7, 11) is 0. The van der Waals surface area contributed by atoms with Crippen molar-refractivity contribution in [3.05, 3.63) is 71.0 Å². The van der Waals surface area contributed by atoms with Crippen LogP contribution in [0.25, 0.3) is 0 Å². The molecular formula is C21H22FNO2. The molecule has 4 heteroatoms. The van der Waals surface area contributed by atoms with Gasteiger partial charge in [0.05, 0.1) is 5.41 Å². The smallest absolute Gasteiger partial charge is 0.233 e. The lowest BCUT2D eigenvalue weighted by atomic mass is 9.72. The van der Waals surface area contributed by atoms with E-state index in [1.54, 1.807) is 6.07 Å². The fourth-order valence-electron chi connectivity index (χ4n) is 4.10. The molecule has 2 aromatic rings. The molecule has 25 heavy (non-hydrogen) atoms. The van der Waals surface area contributed by atoms with Gasteiger partial charge in [0, 0.05) is 26.3 Å². The molecule has 0 aliphatic carbocycles. The van der Waals surface area contributed by atoms with Crippen LogP contribution in [0.5, 0.6) is 0 Å². The third-order valence-electron chi connectivity index (χ3n) is 5.55. The van der Waals surface area contributed by atoms with E-state index in [4.69, 9.17) is 4.74 Å². The minimum Gasteiger partial charge on any atom is -0.381 e. The molecule has 0 saturated carbocycles. The summed E-state index contributed by atoms with van der Waals surface area (Å²) in [4.78, 5) is 15.5. The topological polar surface area (TPSA) is 29.5 Å². The molecule has 0 atom stereocenters. The summed E-state index contributed by atoms with van der Waals surface area (Å²) in [5.41, 5.74) is 2.63. The van der Waals surface area contributed by atoms with Gasteiger partial charge in [0.2, 0.25) is 5.91 Å². The fraction of sp³-hybridized carbons (Fsp3) is 0.381. The van der Waals surface area contributed by atoms with Gasteiger partial charge in [-0.1, -0.05) is 36.4 Å². The minimum absolute atomic E-state index is 0.107. The van der Waals surface area contributed by atoms with Gasteiger partial charge in [-0.2, -0.15) is 0 Å². The predicted octanol–water partition coefficient (Wildman–Crippen LogP) is 3.46. The average Bonchev–Trinajstić information content (AvgIpc) is 2.67. The van der Waals surface area contributed by atoms with E-state index in [1.807, 2.05) is 23.1 Å². The lowest BCUT2D eigenvalue weighted by Gasteiger charge is -2.41. The summed E-state index contributed by atoms with van der Waals surface area (Å²) in [6.45, 7) is 2.42. The van der Waals surface area contributed by atoms with Crippen molar-refractivity contribution in [2.45, 2.75) is 31.2 Å². The van der Waals surface area contributed by atoms with Crippen LogP contribution in [0.15, 0.2) is 48.5 Å². The van der Waals surface area contributed by atoms with Crippen LogP contribution in [0.1, 0.15) is 29.5 Å². The van der Waals surface area contributed by atoms with Gasteiger partial charge >= 0.3 is 0 Å². The number of hydrogen-bond acceptors (Lipinski definition) is 2. The first kappa shape index (κ1) is 16.3. The van der Waals surface area contributed by atoms with Crippen molar-refractivity contribution in [3.8, 4) is 0 Å². The summed E-state index contributed by atoms with van der Waals surface area (Å²) in [5.74, 6) is -0.184. The Morgan fingerprint density at radius 3 is 2.56 bits per heavy atom. The Labute approximate surface area is 147 Å². The Balaban J connectivity index is 1.67. The largest absolute Gasteiger partial charge is 0.381 e. The van der Waals surface area contributed by atoms with Gasteiger partial charge in [0.1, 0.15) is 5.82 Å². The normalized spacial score (nSPS) is 19.3. The molecule has 2 aromatic carbocycles. The van der Waals surface area contributed by atoms with Crippen LogP contribution in [0.2, 0.25) is 0 Å². The zero-order chi connectivity index (χ0) is 17.3. The zero-order valence-corrected chi connectivity index (χ0v) is 14.2. The van der Waals surface area contributed by atoms with Crippen LogP contribution in [-0.4, -0.2) is 30.6 Å². The molecule has 0 N–H and O–H groups in total. The molecule has 1 saturated heterocycles. The van der Waals surface area contributed by atoms with E-state index in [2.05, 4.69) is 12.1 Å². The molecule has 0 aromatic heterocycles. The van der Waals surface area contributed by atoms with Gasteiger partial charge in [-0.25, -0.2) is 4.39 Å². The predicted molar refractivity (Wildman–Crippen MR) is 93.7 cm³/mol. The van der Waals surface area contributed by atoms with Crippen molar-refractivity contribution in [1.82, 2.24) is 4.90 Å². The second kappa shape index (κ2) is 6.60. The van der Waals surface area contributed by atoms with Crippen molar-refractivity contribution in [2.75, 3.05) is 19.8 Å². The summed E-state index contributed by atoms with van der Waals surface area (Å²) in [5, 5.41) is 0. The van der Waals surface area contributed by atoms with Gasteiger partial charge in [-0.15, -0.1) is 0 Å². The van der Waals surface area contributed by atoms with Gasteiger partial charge in [-0.05, 0) is 48.1 Å². The third-order valence-corrected chi connectivity index (χ3v) is 5.55. The number of amides is 1. The number of nitrogens with zero attached hydrogens (tertiary/aromatic N) is 1. The maximum atomic E-state index is 13.8. The molecule has 2 heterocycles. The molecule has 1 fully saturated rings. The van der Waals surface area contributed by atoms with Gasteiger partial charge in [0.25, 0.3) is 0 Å². The molecule has 3 nitrogen and oxygen atoms in total. The first-order valence-corrected chi connectivity index (χ1v) is 8.89. The second-order valence-corrected chi connectivity index (χ2v) is 6.95. The lowest BCUT2D eigenvalue weighted by molar-refractivity contribution is -0.142. The Morgan fingerprint density at radius 2 is 1.80 bits per heavy atom. The maximum Gasteiger partial charge on any atom is 0.233 e. The highest BCUT2D eigenvalue weighted by Crippen LogP contribution is 2.38. The molecule has 0 spiro atoms. The van der Waals surface area contributed by atoms with Gasteiger partial charge < -0.3 is 9.64 Å². The molecule has 0 bridgehead atoms. The number of hydrogen-bond donors (Lipinski definition) is 0. The highest BCUT2D eigenvalue weighted by Gasteiger charge is 2.44. The number of rotatable bonds is 2. The van der Waals surface area contributed by atoms with Crippen molar-refractivity contribution in [3.63, 3.8) is 0 Å². The molecule has 2 aliphatic heterocycles. The highest BCUT2D eigenvalue weighted by atomic mass is 19.1. The monoisotopic (exact) mass is 339 g/mol. The Morgan fingerprint density at radius 1 is 1.04 bits per heavy atom. The Hall–Kier alpha value is -2.20. The number of benzene rings is 2. The lowest BCUT2D eigenvalue weighted by Crippen LogP contribution is -2.51. The number of ether oxygens (including phenoxy) is 1. The average molecular weight is 339 g/mol. The van der Waals surface area contributed by atoms with E-state index in [1.165, 1.54) is 23.3 Å². The number of halogens is 1. The molecular weight excluding hydrogens is 317 g/mol. The van der Waals surface area contributed by atoms with Crippen molar-refractivity contribution < 1.29 is 13.9 Å². The van der Waals surface area contributed by atoms with Crippen LogP contribution >= 0.6 is 0 Å². The summed E-state index contributed by atoms with van der Waals surface area (Å²) in [6.07, 6.45) is 2.08. The standard InChI is InChI=1S/C21H22FNO2/c22-19-7-3-6-18(14-19)21(9-12-25-13-10-21)20(24)23-11-8-16-4-1-2-5-17(16)15-23/h1-7,14H,8-13,15H2. The van der Waals surface area contributed by atoms with Crippen LogP contribution in [0.3, 0.4) is 0 Å². The second-order valence-electron chi connectivity index (χ2n) is 6.95. The SMILES string of the molecule is O=C(N1CCc2ccccc2C1)C1(c2cccc(F)c2)CCOCC1. The van der Waals surface area contributed by atoms with Crippen LogP contribution < -0.4 is 0 Å². The summed E-state index contributed by atoms with van der Waals surface area (Å²) in [6, 6.07) is 14.8. The quantitative estimate of drug-likeness (QED) is 0.839. The molecule has 1 amide bonds. The number of carbonyl (C=O) groups excluding carboxylic acids is 1. The number of carbonyl (C=O) groups is 1. The van der Waals surface area contributed by atoms with Crippen LogP contribution in [-0.2, 0) is 27.9 Å². The minimum atomic E-state index is -0.674. The van der Waals surface area contributed by atoms with E-state index < -0.39 is 5.41 Å². The molecule has 0 radical (unpaired) electrons. The molecule has 4 rings (SSSR count). The van der Waals surface area contributed by atoms with E-state index in [0.29, 0.717) is 39.1 Å². The van der Waals surface area contributed by atoms with Crippen molar-refractivity contribution >= 4 is 5.91 Å². The third kappa shape index (κ3) is 2.95. The Bertz CT molecular complexity index is 783. The van der Waals surface area contributed by atoms with Gasteiger partial charge in [0.15, 0.2) is 0 Å². The molecule has 0 unspecified atom stereocenters. The van der Waals surface area contributed by atoms with E-state index in [-0.39, 0.29) is 11.7 Å². The van der Waals surface area contributed by atoms with Gasteiger partial charge in [-0.3, -0.25) is 4.79 Å². The first-order chi connectivity index (χ1) is 12.2. The Kier molecular flexibility index (Phi) is 4.30.